The van der Waals surface area contributed by atoms with Crippen LogP contribution >= 0.6 is 0 Å². The molecule has 3 N–H and O–H groups in total. The third kappa shape index (κ3) is 1.87. The van der Waals surface area contributed by atoms with Gasteiger partial charge in [0.1, 0.15) is 5.78 Å². The number of Topliss-reactive ketones (excluding diaryl/α,β-unsaturated/α-hetero) is 2. The third-order valence-electron chi connectivity index (χ3n) is 5.44. The lowest BCUT2D eigenvalue weighted by Gasteiger charge is -2.55. The van der Waals surface area contributed by atoms with E-state index in [9.17, 15) is 24.9 Å². The molecule has 0 aromatic rings. The van der Waals surface area contributed by atoms with Crippen LogP contribution in [0.15, 0.2) is 0 Å². The molecule has 0 aromatic carbocycles. The molecule has 2 rings (SSSR count). The molecule has 0 spiro atoms. The highest BCUT2D eigenvalue weighted by atomic mass is 16.4. The Bertz CT molecular complexity index is 461. The summed E-state index contributed by atoms with van der Waals surface area (Å²) in [7, 11) is 0. The van der Waals surface area contributed by atoms with Crippen molar-refractivity contribution in [3.63, 3.8) is 0 Å². The Labute approximate surface area is 119 Å². The summed E-state index contributed by atoms with van der Waals surface area (Å²) in [6.07, 6.45) is 0.775. The molecule has 5 nitrogen and oxygen atoms in total. The Morgan fingerprint density at radius 3 is 2.15 bits per heavy atom. The second-order valence-electron chi connectivity index (χ2n) is 7.41. The van der Waals surface area contributed by atoms with Crippen molar-refractivity contribution in [3.05, 3.63) is 0 Å². The fourth-order valence-electron chi connectivity index (χ4n) is 3.91. The molecule has 2 saturated carbocycles. The summed E-state index contributed by atoms with van der Waals surface area (Å²) in [4.78, 5) is 25.0. The highest BCUT2D eigenvalue weighted by Crippen LogP contribution is 2.54. The van der Waals surface area contributed by atoms with E-state index < -0.39 is 33.9 Å². The van der Waals surface area contributed by atoms with Crippen LogP contribution in [0, 0.1) is 11.3 Å². The first-order chi connectivity index (χ1) is 8.86. The van der Waals surface area contributed by atoms with Gasteiger partial charge in [0.25, 0.3) is 0 Å². The second kappa shape index (κ2) is 4.12. The average molecular weight is 284 g/mol. The van der Waals surface area contributed by atoms with Gasteiger partial charge in [0.05, 0.1) is 17.1 Å². The van der Waals surface area contributed by atoms with Crippen LogP contribution in [-0.4, -0.2) is 43.7 Å². The van der Waals surface area contributed by atoms with Crippen LogP contribution in [0.3, 0.4) is 0 Å². The molecule has 2 aliphatic carbocycles. The van der Waals surface area contributed by atoms with Crippen molar-refractivity contribution in [1.82, 2.24) is 0 Å². The minimum absolute atomic E-state index is 0.0319. The molecule has 20 heavy (non-hydrogen) atoms. The molecule has 0 radical (unpaired) electrons. The van der Waals surface area contributed by atoms with Gasteiger partial charge in [0.15, 0.2) is 11.4 Å². The molecular weight excluding hydrogens is 260 g/mol. The van der Waals surface area contributed by atoms with Crippen LogP contribution in [0.1, 0.15) is 53.4 Å². The maximum atomic E-state index is 12.8. The van der Waals surface area contributed by atoms with Crippen molar-refractivity contribution in [3.8, 4) is 0 Å². The van der Waals surface area contributed by atoms with Gasteiger partial charge in [0.2, 0.25) is 0 Å². The molecule has 0 heterocycles. The van der Waals surface area contributed by atoms with E-state index in [0.717, 1.165) is 0 Å². The topological polar surface area (TPSA) is 94.8 Å². The zero-order valence-electron chi connectivity index (χ0n) is 12.6. The molecule has 2 aliphatic rings. The van der Waals surface area contributed by atoms with Gasteiger partial charge in [-0.3, -0.25) is 9.59 Å². The standard InChI is InChI=1S/C15H24O5/c1-12(2,18)15(20)8-7-13(3)9(16)5-6-14(4,19)10(13)11(15)17/h10,18-20H,5-8H2,1-4H3. The van der Waals surface area contributed by atoms with Gasteiger partial charge in [-0.2, -0.15) is 0 Å². The number of rotatable bonds is 1. The first-order valence-corrected chi connectivity index (χ1v) is 7.11. The molecule has 4 unspecified atom stereocenters. The predicted octanol–water partition coefficient (Wildman–Crippen LogP) is 0.588. The van der Waals surface area contributed by atoms with Crippen LogP contribution in [0.2, 0.25) is 0 Å². The Morgan fingerprint density at radius 1 is 1.10 bits per heavy atom. The third-order valence-corrected chi connectivity index (χ3v) is 5.44. The van der Waals surface area contributed by atoms with Gasteiger partial charge in [-0.05, 0) is 40.0 Å². The van der Waals surface area contributed by atoms with Gasteiger partial charge in [-0.25, -0.2) is 0 Å². The Morgan fingerprint density at radius 2 is 1.65 bits per heavy atom. The number of ketones is 2. The SMILES string of the molecule is CC1(O)CCC(=O)C2(C)CCC(O)(C(C)(C)O)C(=O)C12. The van der Waals surface area contributed by atoms with Gasteiger partial charge < -0.3 is 15.3 Å². The minimum atomic E-state index is -1.92. The quantitative estimate of drug-likeness (QED) is 0.655. The van der Waals surface area contributed by atoms with Gasteiger partial charge >= 0.3 is 0 Å². The van der Waals surface area contributed by atoms with Crippen molar-refractivity contribution in [1.29, 1.82) is 0 Å². The Balaban J connectivity index is 2.53. The van der Waals surface area contributed by atoms with Crippen molar-refractivity contribution < 1.29 is 24.9 Å². The Hall–Kier alpha value is -0.780. The van der Waals surface area contributed by atoms with E-state index in [0.29, 0.717) is 6.42 Å². The Kier molecular flexibility index (Phi) is 3.21. The fourth-order valence-corrected chi connectivity index (χ4v) is 3.91. The lowest BCUT2D eigenvalue weighted by Crippen LogP contribution is -2.69. The number of carbonyl (C=O) groups is 2. The number of carbonyl (C=O) groups excluding carboxylic acids is 2. The van der Waals surface area contributed by atoms with Crippen LogP contribution in [0.4, 0.5) is 0 Å². The summed E-state index contributed by atoms with van der Waals surface area (Å²) in [5, 5.41) is 31.3. The van der Waals surface area contributed by atoms with Gasteiger partial charge in [-0.15, -0.1) is 0 Å². The lowest BCUT2D eigenvalue weighted by molar-refractivity contribution is -0.206. The lowest BCUT2D eigenvalue weighted by atomic mass is 9.50. The highest BCUT2D eigenvalue weighted by molar-refractivity contribution is 6.00. The van der Waals surface area contributed by atoms with E-state index in [4.69, 9.17) is 0 Å². The molecule has 0 aromatic heterocycles. The van der Waals surface area contributed by atoms with Gasteiger partial charge in [-0.1, -0.05) is 6.92 Å². The number of hydrogen-bond acceptors (Lipinski definition) is 5. The van der Waals surface area contributed by atoms with Crippen molar-refractivity contribution >= 4 is 11.6 Å². The predicted molar refractivity (Wildman–Crippen MR) is 72.0 cm³/mol. The van der Waals surface area contributed by atoms with Crippen molar-refractivity contribution in [2.75, 3.05) is 0 Å². The van der Waals surface area contributed by atoms with E-state index in [1.165, 1.54) is 20.8 Å². The van der Waals surface area contributed by atoms with E-state index in [-0.39, 0.29) is 25.0 Å². The summed E-state index contributed by atoms with van der Waals surface area (Å²) >= 11 is 0. The molecule has 4 atom stereocenters. The van der Waals surface area contributed by atoms with E-state index in [1.807, 2.05) is 0 Å². The van der Waals surface area contributed by atoms with E-state index in [1.54, 1.807) is 6.92 Å². The summed E-state index contributed by atoms with van der Waals surface area (Å²) in [6.45, 7) is 5.99. The molecular formula is C15H24O5. The summed E-state index contributed by atoms with van der Waals surface area (Å²) < 4.78 is 0. The fraction of sp³-hybridized carbons (Fsp3) is 0.867. The zero-order chi connectivity index (χ0) is 15.6. The van der Waals surface area contributed by atoms with Crippen molar-refractivity contribution in [2.45, 2.75) is 70.2 Å². The molecule has 114 valence electrons. The molecule has 0 bridgehead atoms. The number of fused-ring (bicyclic) bond motifs is 1. The van der Waals surface area contributed by atoms with Crippen molar-refractivity contribution in [2.24, 2.45) is 11.3 Å². The largest absolute Gasteiger partial charge is 0.389 e. The van der Waals surface area contributed by atoms with Gasteiger partial charge in [0, 0.05) is 11.8 Å². The summed E-state index contributed by atoms with van der Waals surface area (Å²) in [6, 6.07) is 0. The smallest absolute Gasteiger partial charge is 0.174 e. The minimum Gasteiger partial charge on any atom is -0.389 e. The van der Waals surface area contributed by atoms with E-state index in [2.05, 4.69) is 0 Å². The van der Waals surface area contributed by atoms with Crippen LogP contribution in [0.5, 0.6) is 0 Å². The first kappa shape index (κ1) is 15.6. The maximum Gasteiger partial charge on any atom is 0.174 e. The normalized spacial score (nSPS) is 46.2. The first-order valence-electron chi connectivity index (χ1n) is 7.11. The molecule has 0 saturated heterocycles. The van der Waals surface area contributed by atoms with Crippen LogP contribution in [0.25, 0.3) is 0 Å². The molecule has 2 fully saturated rings. The molecule has 0 amide bonds. The second-order valence-corrected chi connectivity index (χ2v) is 7.41. The number of aliphatic hydroxyl groups is 3. The van der Waals surface area contributed by atoms with E-state index >= 15 is 0 Å². The summed E-state index contributed by atoms with van der Waals surface area (Å²) in [5.41, 5.74) is -5.81. The molecule has 0 aliphatic heterocycles. The highest BCUT2D eigenvalue weighted by Gasteiger charge is 2.66. The zero-order valence-corrected chi connectivity index (χ0v) is 12.6. The maximum absolute atomic E-state index is 12.8. The van der Waals surface area contributed by atoms with Crippen LogP contribution in [-0.2, 0) is 9.59 Å². The average Bonchev–Trinajstić information content (AvgIpc) is 2.28. The monoisotopic (exact) mass is 284 g/mol. The summed E-state index contributed by atoms with van der Waals surface area (Å²) in [5.74, 6) is -1.63. The van der Waals surface area contributed by atoms with Crippen LogP contribution < -0.4 is 0 Å². The molecule has 5 heteroatoms. The number of hydrogen-bond donors (Lipinski definition) is 3.